The molecule has 0 aromatic carbocycles. The van der Waals surface area contributed by atoms with Gasteiger partial charge in [-0.1, -0.05) is 5.21 Å². The summed E-state index contributed by atoms with van der Waals surface area (Å²) in [5.41, 5.74) is 1.93. The van der Waals surface area contributed by atoms with Crippen molar-refractivity contribution in [2.45, 2.75) is 64.7 Å². The Balaban J connectivity index is 1.30. The number of aromatic nitrogens is 7. The SMILES string of the molecule is COCCn1nncc1Cn1cc(NC(=O)[C@@H](NC(=O)c2ccnn2C(C)C)C(C2CC2)C2CC2)cn1. The van der Waals surface area contributed by atoms with Crippen molar-refractivity contribution in [1.82, 2.24) is 39.9 Å². The number of amides is 2. The highest BCUT2D eigenvalue weighted by Gasteiger charge is 2.48. The summed E-state index contributed by atoms with van der Waals surface area (Å²) in [6, 6.07) is 1.12. The third-order valence-electron chi connectivity index (χ3n) is 7.11. The second-order valence-corrected chi connectivity index (χ2v) is 10.3. The molecular weight excluding hydrogens is 474 g/mol. The van der Waals surface area contributed by atoms with Gasteiger partial charge >= 0.3 is 0 Å². The van der Waals surface area contributed by atoms with Gasteiger partial charge in [0.2, 0.25) is 5.91 Å². The van der Waals surface area contributed by atoms with Crippen molar-refractivity contribution >= 4 is 17.5 Å². The summed E-state index contributed by atoms with van der Waals surface area (Å²) < 4.78 is 10.3. The first kappa shape index (κ1) is 25.1. The van der Waals surface area contributed by atoms with E-state index in [1.807, 2.05) is 13.8 Å². The van der Waals surface area contributed by atoms with E-state index in [1.165, 1.54) is 0 Å². The molecule has 198 valence electrons. The van der Waals surface area contributed by atoms with Gasteiger partial charge in [0.1, 0.15) is 11.7 Å². The molecule has 12 heteroatoms. The molecule has 2 amide bonds. The van der Waals surface area contributed by atoms with Gasteiger partial charge in [-0.3, -0.25) is 19.0 Å². The van der Waals surface area contributed by atoms with E-state index in [2.05, 4.69) is 31.1 Å². The van der Waals surface area contributed by atoms with Crippen molar-refractivity contribution in [2.75, 3.05) is 19.0 Å². The number of ether oxygens (including phenoxy) is 1. The maximum atomic E-state index is 13.6. The van der Waals surface area contributed by atoms with Crippen molar-refractivity contribution in [1.29, 1.82) is 0 Å². The molecule has 0 saturated heterocycles. The largest absolute Gasteiger partial charge is 0.383 e. The summed E-state index contributed by atoms with van der Waals surface area (Å²) in [6.45, 7) is 5.54. The molecule has 1 atom stereocenters. The molecule has 3 aromatic rings. The Hall–Kier alpha value is -3.54. The fraction of sp³-hybridized carbons (Fsp3) is 0.600. The van der Waals surface area contributed by atoms with Gasteiger partial charge in [0.05, 0.1) is 43.5 Å². The second kappa shape index (κ2) is 10.8. The summed E-state index contributed by atoms with van der Waals surface area (Å²) in [4.78, 5) is 26.9. The molecule has 2 fully saturated rings. The summed E-state index contributed by atoms with van der Waals surface area (Å²) in [6.07, 6.45) is 11.1. The maximum Gasteiger partial charge on any atom is 0.270 e. The minimum absolute atomic E-state index is 0.0394. The van der Waals surface area contributed by atoms with Gasteiger partial charge in [-0.2, -0.15) is 10.2 Å². The molecule has 0 spiro atoms. The lowest BCUT2D eigenvalue weighted by atomic mass is 9.88. The number of rotatable bonds is 13. The molecule has 2 saturated carbocycles. The van der Waals surface area contributed by atoms with Crippen LogP contribution in [0.15, 0.2) is 30.9 Å². The lowest BCUT2D eigenvalue weighted by molar-refractivity contribution is -0.119. The average molecular weight is 510 g/mol. The Morgan fingerprint density at radius 1 is 1.14 bits per heavy atom. The Morgan fingerprint density at radius 3 is 2.57 bits per heavy atom. The number of carbonyl (C=O) groups excluding carboxylic acids is 2. The van der Waals surface area contributed by atoms with Crippen LogP contribution in [0.2, 0.25) is 0 Å². The van der Waals surface area contributed by atoms with Crippen LogP contribution in [0.5, 0.6) is 0 Å². The highest BCUT2D eigenvalue weighted by molar-refractivity contribution is 6.00. The van der Waals surface area contributed by atoms with Crippen LogP contribution >= 0.6 is 0 Å². The lowest BCUT2D eigenvalue weighted by Crippen LogP contribution is -2.50. The van der Waals surface area contributed by atoms with E-state index < -0.39 is 6.04 Å². The predicted octanol–water partition coefficient (Wildman–Crippen LogP) is 2.12. The lowest BCUT2D eigenvalue weighted by Gasteiger charge is -2.27. The molecule has 0 aliphatic heterocycles. The number of anilines is 1. The number of nitrogens with zero attached hydrogens (tertiary/aromatic N) is 7. The van der Waals surface area contributed by atoms with Gasteiger partial charge in [0, 0.05) is 25.5 Å². The molecular formula is C25H35N9O3. The van der Waals surface area contributed by atoms with Crippen molar-refractivity contribution in [2.24, 2.45) is 17.8 Å². The van der Waals surface area contributed by atoms with Crippen LogP contribution in [0.4, 0.5) is 5.69 Å². The van der Waals surface area contributed by atoms with E-state index in [1.54, 1.807) is 52.0 Å². The van der Waals surface area contributed by atoms with Crippen LogP contribution in [0.3, 0.4) is 0 Å². The van der Waals surface area contributed by atoms with E-state index in [-0.39, 0.29) is 23.8 Å². The molecule has 3 heterocycles. The molecule has 5 rings (SSSR count). The number of hydrogen-bond acceptors (Lipinski definition) is 7. The second-order valence-electron chi connectivity index (χ2n) is 10.3. The predicted molar refractivity (Wildman–Crippen MR) is 135 cm³/mol. The van der Waals surface area contributed by atoms with Crippen molar-refractivity contribution < 1.29 is 14.3 Å². The number of hydrogen-bond donors (Lipinski definition) is 2. The van der Waals surface area contributed by atoms with Gasteiger partial charge in [-0.05, 0) is 63.4 Å². The zero-order valence-electron chi connectivity index (χ0n) is 21.6. The van der Waals surface area contributed by atoms with Gasteiger partial charge in [-0.15, -0.1) is 5.10 Å². The van der Waals surface area contributed by atoms with Crippen LogP contribution in [-0.4, -0.2) is 66.1 Å². The van der Waals surface area contributed by atoms with E-state index in [4.69, 9.17) is 4.74 Å². The first-order valence-corrected chi connectivity index (χ1v) is 13.0. The monoisotopic (exact) mass is 509 g/mol. The van der Waals surface area contributed by atoms with Gasteiger partial charge in [-0.25, -0.2) is 4.68 Å². The summed E-state index contributed by atoms with van der Waals surface area (Å²) in [7, 11) is 1.64. The first-order valence-electron chi connectivity index (χ1n) is 13.0. The fourth-order valence-corrected chi connectivity index (χ4v) is 5.02. The smallest absolute Gasteiger partial charge is 0.270 e. The van der Waals surface area contributed by atoms with Crippen LogP contribution < -0.4 is 10.6 Å². The number of methoxy groups -OCH3 is 1. The van der Waals surface area contributed by atoms with Crippen LogP contribution in [-0.2, 0) is 22.6 Å². The summed E-state index contributed by atoms with van der Waals surface area (Å²) in [5, 5.41) is 22.8. The highest BCUT2D eigenvalue weighted by atomic mass is 16.5. The molecule has 0 bridgehead atoms. The summed E-state index contributed by atoms with van der Waals surface area (Å²) >= 11 is 0. The van der Waals surface area contributed by atoms with Gasteiger partial charge < -0.3 is 15.4 Å². The summed E-state index contributed by atoms with van der Waals surface area (Å²) in [5.74, 6) is 0.599. The number of carbonyl (C=O) groups is 2. The molecule has 2 N–H and O–H groups in total. The minimum atomic E-state index is -0.619. The van der Waals surface area contributed by atoms with E-state index in [0.717, 1.165) is 31.4 Å². The van der Waals surface area contributed by atoms with E-state index in [9.17, 15) is 9.59 Å². The van der Waals surface area contributed by atoms with Crippen molar-refractivity contribution in [3.8, 4) is 0 Å². The zero-order valence-corrected chi connectivity index (χ0v) is 21.6. The maximum absolute atomic E-state index is 13.6. The molecule has 3 aromatic heterocycles. The molecule has 0 radical (unpaired) electrons. The fourth-order valence-electron chi connectivity index (χ4n) is 5.02. The molecule has 2 aliphatic rings. The topological polar surface area (TPSA) is 134 Å². The highest BCUT2D eigenvalue weighted by Crippen LogP contribution is 2.50. The third-order valence-corrected chi connectivity index (χ3v) is 7.11. The minimum Gasteiger partial charge on any atom is -0.383 e. The first-order chi connectivity index (χ1) is 17.9. The van der Waals surface area contributed by atoms with Crippen molar-refractivity contribution in [3.05, 3.63) is 42.2 Å². The van der Waals surface area contributed by atoms with Gasteiger partial charge in [0.25, 0.3) is 5.91 Å². The average Bonchev–Trinajstić information content (AvgIpc) is 3.74. The Labute approximate surface area is 215 Å². The van der Waals surface area contributed by atoms with Crippen LogP contribution in [0.25, 0.3) is 0 Å². The molecule has 37 heavy (non-hydrogen) atoms. The van der Waals surface area contributed by atoms with E-state index in [0.29, 0.717) is 42.9 Å². The molecule has 12 nitrogen and oxygen atoms in total. The number of nitrogens with one attached hydrogen (secondary N) is 2. The quantitative estimate of drug-likeness (QED) is 0.360. The normalized spacial score (nSPS) is 16.4. The Bertz CT molecular complexity index is 1210. The molecule has 0 unspecified atom stereocenters. The zero-order chi connectivity index (χ0) is 25.9. The van der Waals surface area contributed by atoms with Crippen LogP contribution in [0, 0.1) is 17.8 Å². The molecule has 2 aliphatic carbocycles. The van der Waals surface area contributed by atoms with Gasteiger partial charge in [0.15, 0.2) is 0 Å². The van der Waals surface area contributed by atoms with Crippen LogP contribution in [0.1, 0.15) is 61.8 Å². The third kappa shape index (κ3) is 5.90. The Kier molecular flexibility index (Phi) is 7.36. The Morgan fingerprint density at radius 2 is 1.89 bits per heavy atom. The van der Waals surface area contributed by atoms with E-state index >= 15 is 0 Å². The van der Waals surface area contributed by atoms with Crippen molar-refractivity contribution in [3.63, 3.8) is 0 Å². The standard InChI is InChI=1S/C25H35N9O3/c1-16(2)34-21(8-9-27-34)24(35)30-23(22(17-4-5-17)18-6-7-18)25(36)29-19-12-28-32(14-19)15-20-13-26-31-33(20)10-11-37-3/h8-9,12-14,16-18,22-23H,4-7,10-11,15H2,1-3H3,(H,29,36)(H,30,35)/t23-/m0/s1.